The van der Waals surface area contributed by atoms with Crippen molar-refractivity contribution >= 4 is 5.95 Å². The van der Waals surface area contributed by atoms with Gasteiger partial charge < -0.3 is 5.73 Å². The molecule has 0 saturated carbocycles. The molecule has 0 bridgehead atoms. The van der Waals surface area contributed by atoms with Crippen molar-refractivity contribution < 1.29 is 0 Å². The maximum absolute atomic E-state index is 5.69. The first-order valence-corrected chi connectivity index (χ1v) is 5.82. The number of nitrogens with zero attached hydrogens (tertiary/aromatic N) is 2. The van der Waals surface area contributed by atoms with Crippen LogP contribution in [0.1, 0.15) is 23.9 Å². The summed E-state index contributed by atoms with van der Waals surface area (Å²) in [5.41, 5.74) is 11.2. The van der Waals surface area contributed by atoms with E-state index in [0.29, 0.717) is 5.95 Å². The number of aromatic nitrogens is 2. The molecule has 88 valence electrons. The second kappa shape index (κ2) is 4.53. The molecule has 0 aliphatic rings. The van der Waals surface area contributed by atoms with E-state index in [9.17, 15) is 0 Å². The van der Waals surface area contributed by atoms with Gasteiger partial charge in [0, 0.05) is 5.56 Å². The first-order valence-electron chi connectivity index (χ1n) is 5.82. The maximum atomic E-state index is 5.69. The van der Waals surface area contributed by atoms with Crippen molar-refractivity contribution in [2.75, 3.05) is 5.73 Å². The summed E-state index contributed by atoms with van der Waals surface area (Å²) < 4.78 is 0. The molecule has 0 atom stereocenters. The Kier molecular flexibility index (Phi) is 3.09. The van der Waals surface area contributed by atoms with Crippen molar-refractivity contribution in [2.45, 2.75) is 27.2 Å². The molecule has 3 nitrogen and oxygen atoms in total. The van der Waals surface area contributed by atoms with Crippen molar-refractivity contribution in [1.82, 2.24) is 9.97 Å². The number of aryl methyl sites for hydroxylation is 3. The molecule has 3 heteroatoms. The molecule has 2 aromatic rings. The topological polar surface area (TPSA) is 51.8 Å². The summed E-state index contributed by atoms with van der Waals surface area (Å²) in [6.07, 6.45) is 0.858. The Morgan fingerprint density at radius 1 is 1.18 bits per heavy atom. The first-order chi connectivity index (χ1) is 8.11. The molecule has 1 aromatic heterocycles. The van der Waals surface area contributed by atoms with Crippen LogP contribution < -0.4 is 5.73 Å². The zero-order valence-corrected chi connectivity index (χ0v) is 10.5. The molecule has 0 unspecified atom stereocenters. The Morgan fingerprint density at radius 2 is 1.94 bits per heavy atom. The zero-order chi connectivity index (χ0) is 12.4. The number of nitrogen functional groups attached to an aromatic ring is 1. The van der Waals surface area contributed by atoms with Crippen LogP contribution in [0.15, 0.2) is 24.3 Å². The van der Waals surface area contributed by atoms with E-state index in [1.54, 1.807) is 0 Å². The summed E-state index contributed by atoms with van der Waals surface area (Å²) in [5, 5.41) is 0. The van der Waals surface area contributed by atoms with E-state index < -0.39 is 0 Å². The standard InChI is InChI=1S/C14H17N3/c1-4-12-13(10(3)16-14(15)17-12)11-7-5-6-9(2)8-11/h5-8H,4H2,1-3H3,(H2,15,16,17). The Balaban J connectivity index is 2.66. The minimum absolute atomic E-state index is 0.357. The van der Waals surface area contributed by atoms with Crippen LogP contribution in [0, 0.1) is 13.8 Å². The third-order valence-corrected chi connectivity index (χ3v) is 2.82. The fourth-order valence-electron chi connectivity index (χ4n) is 2.09. The van der Waals surface area contributed by atoms with Gasteiger partial charge in [0.15, 0.2) is 0 Å². The number of benzene rings is 1. The molecule has 17 heavy (non-hydrogen) atoms. The molecule has 0 aliphatic carbocycles. The maximum Gasteiger partial charge on any atom is 0.220 e. The predicted octanol–water partition coefficient (Wildman–Crippen LogP) is 2.91. The number of rotatable bonds is 2. The molecular formula is C14H17N3. The number of hydrogen-bond acceptors (Lipinski definition) is 3. The van der Waals surface area contributed by atoms with Crippen LogP contribution >= 0.6 is 0 Å². The largest absolute Gasteiger partial charge is 0.368 e. The Morgan fingerprint density at radius 3 is 2.59 bits per heavy atom. The van der Waals surface area contributed by atoms with E-state index in [4.69, 9.17) is 5.73 Å². The summed E-state index contributed by atoms with van der Waals surface area (Å²) in [7, 11) is 0. The first kappa shape index (κ1) is 11.6. The fourth-order valence-corrected chi connectivity index (χ4v) is 2.09. The number of nitrogens with two attached hydrogens (primary N) is 1. The highest BCUT2D eigenvalue weighted by Crippen LogP contribution is 2.27. The minimum atomic E-state index is 0.357. The lowest BCUT2D eigenvalue weighted by molar-refractivity contribution is 0.992. The van der Waals surface area contributed by atoms with Gasteiger partial charge in [0.1, 0.15) is 0 Å². The molecule has 0 radical (unpaired) electrons. The van der Waals surface area contributed by atoms with Gasteiger partial charge in [-0.3, -0.25) is 0 Å². The molecule has 1 heterocycles. The highest BCUT2D eigenvalue weighted by atomic mass is 15.0. The zero-order valence-electron chi connectivity index (χ0n) is 10.5. The van der Waals surface area contributed by atoms with E-state index in [-0.39, 0.29) is 0 Å². The molecule has 0 aliphatic heterocycles. The summed E-state index contributed by atoms with van der Waals surface area (Å²) in [6.45, 7) is 6.15. The van der Waals surface area contributed by atoms with E-state index in [0.717, 1.165) is 23.4 Å². The van der Waals surface area contributed by atoms with E-state index in [1.807, 2.05) is 6.92 Å². The molecule has 0 amide bonds. The Hall–Kier alpha value is -1.90. The van der Waals surface area contributed by atoms with Crippen LogP contribution in [0.4, 0.5) is 5.95 Å². The van der Waals surface area contributed by atoms with Crippen LogP contribution in [-0.2, 0) is 6.42 Å². The van der Waals surface area contributed by atoms with Gasteiger partial charge in [-0.25, -0.2) is 9.97 Å². The van der Waals surface area contributed by atoms with Crippen LogP contribution in [0.2, 0.25) is 0 Å². The van der Waals surface area contributed by atoms with Gasteiger partial charge in [-0.05, 0) is 25.8 Å². The predicted molar refractivity (Wildman–Crippen MR) is 70.7 cm³/mol. The van der Waals surface area contributed by atoms with Crippen molar-refractivity contribution in [2.24, 2.45) is 0 Å². The average molecular weight is 227 g/mol. The highest BCUT2D eigenvalue weighted by molar-refractivity contribution is 5.69. The van der Waals surface area contributed by atoms with Crippen LogP contribution in [0.25, 0.3) is 11.1 Å². The second-order valence-corrected chi connectivity index (χ2v) is 4.21. The fraction of sp³-hybridized carbons (Fsp3) is 0.286. The minimum Gasteiger partial charge on any atom is -0.368 e. The molecular weight excluding hydrogens is 210 g/mol. The quantitative estimate of drug-likeness (QED) is 0.858. The van der Waals surface area contributed by atoms with Crippen LogP contribution in [-0.4, -0.2) is 9.97 Å². The van der Waals surface area contributed by atoms with E-state index in [1.165, 1.54) is 11.1 Å². The monoisotopic (exact) mass is 227 g/mol. The lowest BCUT2D eigenvalue weighted by Crippen LogP contribution is -2.04. The summed E-state index contributed by atoms with van der Waals surface area (Å²) in [5.74, 6) is 0.357. The summed E-state index contributed by atoms with van der Waals surface area (Å²) in [6, 6.07) is 8.39. The lowest BCUT2D eigenvalue weighted by Gasteiger charge is -2.11. The highest BCUT2D eigenvalue weighted by Gasteiger charge is 2.11. The lowest BCUT2D eigenvalue weighted by atomic mass is 9.99. The third kappa shape index (κ3) is 2.28. The van der Waals surface area contributed by atoms with Gasteiger partial charge in [0.25, 0.3) is 0 Å². The Labute approximate surface area is 102 Å². The average Bonchev–Trinajstić information content (AvgIpc) is 2.27. The number of hydrogen-bond donors (Lipinski definition) is 1. The van der Waals surface area contributed by atoms with E-state index in [2.05, 4.69) is 48.1 Å². The van der Waals surface area contributed by atoms with Gasteiger partial charge in [-0.1, -0.05) is 36.8 Å². The van der Waals surface area contributed by atoms with Gasteiger partial charge in [0.05, 0.1) is 11.4 Å². The van der Waals surface area contributed by atoms with Crippen LogP contribution in [0.3, 0.4) is 0 Å². The Bertz CT molecular complexity index is 547. The van der Waals surface area contributed by atoms with Gasteiger partial charge in [-0.15, -0.1) is 0 Å². The number of anilines is 1. The molecule has 0 spiro atoms. The molecule has 0 fully saturated rings. The normalized spacial score (nSPS) is 10.5. The molecule has 1 aromatic carbocycles. The van der Waals surface area contributed by atoms with Gasteiger partial charge in [-0.2, -0.15) is 0 Å². The van der Waals surface area contributed by atoms with Crippen molar-refractivity contribution in [3.05, 3.63) is 41.2 Å². The molecule has 0 saturated heterocycles. The SMILES string of the molecule is CCc1nc(N)nc(C)c1-c1cccc(C)c1. The summed E-state index contributed by atoms with van der Waals surface area (Å²) >= 11 is 0. The molecule has 2 N–H and O–H groups in total. The van der Waals surface area contributed by atoms with Crippen LogP contribution in [0.5, 0.6) is 0 Å². The van der Waals surface area contributed by atoms with Gasteiger partial charge in [0.2, 0.25) is 5.95 Å². The third-order valence-electron chi connectivity index (χ3n) is 2.82. The molecule has 2 rings (SSSR count). The smallest absolute Gasteiger partial charge is 0.220 e. The van der Waals surface area contributed by atoms with Gasteiger partial charge >= 0.3 is 0 Å². The second-order valence-electron chi connectivity index (χ2n) is 4.21. The van der Waals surface area contributed by atoms with Crippen molar-refractivity contribution in [3.63, 3.8) is 0 Å². The van der Waals surface area contributed by atoms with E-state index >= 15 is 0 Å². The van der Waals surface area contributed by atoms with Crippen molar-refractivity contribution in [1.29, 1.82) is 0 Å². The van der Waals surface area contributed by atoms with Crippen molar-refractivity contribution in [3.8, 4) is 11.1 Å². The summed E-state index contributed by atoms with van der Waals surface area (Å²) in [4.78, 5) is 8.58.